The Labute approximate surface area is 138 Å². The third-order valence-corrected chi connectivity index (χ3v) is 5.21. The summed E-state index contributed by atoms with van der Waals surface area (Å²) >= 11 is 0. The van der Waals surface area contributed by atoms with Gasteiger partial charge in [-0.05, 0) is 38.3 Å². The molecule has 123 valence electrons. The highest BCUT2D eigenvalue weighted by Crippen LogP contribution is 2.27. The molecule has 0 aliphatic carbocycles. The summed E-state index contributed by atoms with van der Waals surface area (Å²) in [5.74, 6) is 0. The van der Waals surface area contributed by atoms with E-state index in [0.717, 1.165) is 6.04 Å². The Kier molecular flexibility index (Phi) is 8.01. The molecule has 1 radical (unpaired) electrons. The van der Waals surface area contributed by atoms with Crippen LogP contribution in [0.5, 0.6) is 0 Å². The number of unbranched alkanes of at least 4 members (excludes halogenated alkanes) is 6. The Morgan fingerprint density at radius 1 is 0.955 bits per heavy atom. The van der Waals surface area contributed by atoms with E-state index in [-0.39, 0.29) is 0 Å². The van der Waals surface area contributed by atoms with Crippen LogP contribution in [0.3, 0.4) is 0 Å². The lowest BCUT2D eigenvalue weighted by Crippen LogP contribution is -2.33. The van der Waals surface area contributed by atoms with Crippen molar-refractivity contribution >= 4 is 0 Å². The number of nitrogens with zero attached hydrogens (tertiary/aromatic N) is 1. The average Bonchev–Trinajstić information content (AvgIpc) is 2.88. The van der Waals surface area contributed by atoms with Crippen LogP contribution in [0, 0.1) is 6.42 Å². The Bertz CT molecular complexity index is 386. The minimum atomic E-state index is 0.636. The van der Waals surface area contributed by atoms with Crippen molar-refractivity contribution in [3.05, 3.63) is 42.3 Å². The maximum atomic E-state index is 2.62. The van der Waals surface area contributed by atoms with E-state index in [4.69, 9.17) is 0 Å². The highest BCUT2D eigenvalue weighted by atomic mass is 15.2. The number of benzene rings is 1. The summed E-state index contributed by atoms with van der Waals surface area (Å²) in [7, 11) is 2.32. The molecule has 0 N–H and O–H groups in total. The lowest BCUT2D eigenvalue weighted by molar-refractivity contribution is 0.232. The maximum Gasteiger partial charge on any atom is 0.0168 e. The molecule has 0 bridgehead atoms. The van der Waals surface area contributed by atoms with Crippen molar-refractivity contribution in [1.29, 1.82) is 0 Å². The van der Waals surface area contributed by atoms with Crippen molar-refractivity contribution in [2.75, 3.05) is 7.05 Å². The van der Waals surface area contributed by atoms with Crippen LogP contribution in [0.4, 0.5) is 0 Å². The quantitative estimate of drug-likeness (QED) is 0.505. The first-order valence-corrected chi connectivity index (χ1v) is 9.40. The van der Waals surface area contributed by atoms with Crippen LogP contribution in [0.25, 0.3) is 0 Å². The normalized spacial score (nSPS) is 22.3. The molecule has 0 saturated carbocycles. The van der Waals surface area contributed by atoms with Crippen LogP contribution < -0.4 is 0 Å². The van der Waals surface area contributed by atoms with Crippen LogP contribution in [-0.4, -0.2) is 24.0 Å². The second-order valence-electron chi connectivity index (χ2n) is 6.96. The number of hydrogen-bond acceptors (Lipinski definition) is 1. The van der Waals surface area contributed by atoms with Crippen LogP contribution in [-0.2, 0) is 6.42 Å². The van der Waals surface area contributed by atoms with E-state index in [2.05, 4.69) is 55.6 Å². The standard InChI is InChI=1S/C21H34N/c1-3-4-5-6-7-8-12-15-20-16-17-21(22(20)2)18-19-13-10-9-11-14-19/h9-11,13-14,17,20-21H,3-8,12,15-16,18H2,1-2H3. The predicted octanol–water partition coefficient (Wildman–Crippen LogP) is 5.65. The molecule has 2 rings (SSSR count). The summed E-state index contributed by atoms with van der Waals surface area (Å²) in [6.07, 6.45) is 16.3. The molecule has 1 aromatic carbocycles. The number of hydrogen-bond donors (Lipinski definition) is 0. The summed E-state index contributed by atoms with van der Waals surface area (Å²) in [6.45, 7) is 2.29. The van der Waals surface area contributed by atoms with Crippen LogP contribution >= 0.6 is 0 Å². The number of rotatable bonds is 10. The summed E-state index contributed by atoms with van der Waals surface area (Å²) in [6, 6.07) is 12.3. The molecule has 0 aromatic heterocycles. The van der Waals surface area contributed by atoms with Gasteiger partial charge in [0.15, 0.2) is 0 Å². The SMILES string of the molecule is CCCCCCCCCC1C[CH]C(Cc2ccccc2)N1C. The van der Waals surface area contributed by atoms with Crippen molar-refractivity contribution in [2.24, 2.45) is 0 Å². The van der Waals surface area contributed by atoms with Gasteiger partial charge in [-0.2, -0.15) is 0 Å². The number of likely N-dealkylation sites (tertiary alicyclic amines) is 1. The van der Waals surface area contributed by atoms with Crippen molar-refractivity contribution in [3.8, 4) is 0 Å². The van der Waals surface area contributed by atoms with Crippen molar-refractivity contribution < 1.29 is 0 Å². The molecule has 0 spiro atoms. The average molecular weight is 301 g/mol. The Balaban J connectivity index is 1.61. The Hall–Kier alpha value is -0.820. The van der Waals surface area contributed by atoms with Gasteiger partial charge in [0.2, 0.25) is 0 Å². The molecule has 2 atom stereocenters. The zero-order valence-electron chi connectivity index (χ0n) is 14.6. The molecule has 1 fully saturated rings. The van der Waals surface area contributed by atoms with Gasteiger partial charge >= 0.3 is 0 Å². The van der Waals surface area contributed by atoms with Gasteiger partial charge in [0, 0.05) is 12.1 Å². The fourth-order valence-electron chi connectivity index (χ4n) is 3.66. The molecule has 1 saturated heterocycles. The molecule has 1 aliphatic rings. The topological polar surface area (TPSA) is 3.24 Å². The third-order valence-electron chi connectivity index (χ3n) is 5.21. The van der Waals surface area contributed by atoms with Crippen LogP contribution in [0.15, 0.2) is 30.3 Å². The molecule has 1 heterocycles. The fraction of sp³-hybridized carbons (Fsp3) is 0.667. The van der Waals surface area contributed by atoms with E-state index in [1.807, 2.05) is 0 Å². The van der Waals surface area contributed by atoms with Gasteiger partial charge in [-0.15, -0.1) is 0 Å². The van der Waals surface area contributed by atoms with Gasteiger partial charge in [0.25, 0.3) is 0 Å². The molecular weight excluding hydrogens is 266 g/mol. The second kappa shape index (κ2) is 10.0. The smallest absolute Gasteiger partial charge is 0.0168 e. The molecule has 0 amide bonds. The van der Waals surface area contributed by atoms with Gasteiger partial charge in [0.05, 0.1) is 0 Å². The minimum Gasteiger partial charge on any atom is -0.300 e. The molecule has 1 aromatic rings. The lowest BCUT2D eigenvalue weighted by Gasteiger charge is -2.26. The highest BCUT2D eigenvalue weighted by molar-refractivity contribution is 5.18. The minimum absolute atomic E-state index is 0.636. The van der Waals surface area contributed by atoms with E-state index >= 15 is 0 Å². The number of likely N-dealkylation sites (N-methyl/N-ethyl adjacent to an activating group) is 1. The molecule has 1 nitrogen and oxygen atoms in total. The second-order valence-corrected chi connectivity index (χ2v) is 6.96. The largest absolute Gasteiger partial charge is 0.300 e. The van der Waals surface area contributed by atoms with E-state index in [0.29, 0.717) is 6.04 Å². The molecule has 2 unspecified atom stereocenters. The van der Waals surface area contributed by atoms with Gasteiger partial charge < -0.3 is 0 Å². The third kappa shape index (κ3) is 5.76. The van der Waals surface area contributed by atoms with Gasteiger partial charge in [-0.1, -0.05) is 82.2 Å². The zero-order chi connectivity index (χ0) is 15.6. The van der Waals surface area contributed by atoms with E-state index in [1.165, 1.54) is 69.8 Å². The van der Waals surface area contributed by atoms with Gasteiger partial charge in [-0.3, -0.25) is 4.90 Å². The molecular formula is C21H34N. The van der Waals surface area contributed by atoms with Crippen LogP contribution in [0.1, 0.15) is 70.3 Å². The van der Waals surface area contributed by atoms with Crippen LogP contribution in [0.2, 0.25) is 0 Å². The first-order valence-electron chi connectivity index (χ1n) is 9.40. The summed E-state index contributed by atoms with van der Waals surface area (Å²) in [5, 5.41) is 0. The van der Waals surface area contributed by atoms with E-state index in [9.17, 15) is 0 Å². The zero-order valence-corrected chi connectivity index (χ0v) is 14.6. The van der Waals surface area contributed by atoms with Gasteiger partial charge in [0.1, 0.15) is 0 Å². The molecule has 22 heavy (non-hydrogen) atoms. The summed E-state index contributed by atoms with van der Waals surface area (Å²) in [4.78, 5) is 2.62. The lowest BCUT2D eigenvalue weighted by atomic mass is 10.0. The summed E-state index contributed by atoms with van der Waals surface area (Å²) in [5.41, 5.74) is 1.46. The van der Waals surface area contributed by atoms with Gasteiger partial charge in [-0.25, -0.2) is 0 Å². The summed E-state index contributed by atoms with van der Waals surface area (Å²) < 4.78 is 0. The molecule has 1 heteroatoms. The highest BCUT2D eigenvalue weighted by Gasteiger charge is 2.29. The predicted molar refractivity (Wildman–Crippen MR) is 97.0 cm³/mol. The van der Waals surface area contributed by atoms with Crippen molar-refractivity contribution in [2.45, 2.75) is 83.2 Å². The van der Waals surface area contributed by atoms with E-state index in [1.54, 1.807) is 0 Å². The molecule has 1 aliphatic heterocycles. The Morgan fingerprint density at radius 3 is 2.36 bits per heavy atom. The van der Waals surface area contributed by atoms with E-state index < -0.39 is 0 Å². The first kappa shape index (κ1) is 17.5. The first-order chi connectivity index (χ1) is 10.8. The Morgan fingerprint density at radius 2 is 1.64 bits per heavy atom. The maximum absolute atomic E-state index is 2.62. The van der Waals surface area contributed by atoms with Crippen molar-refractivity contribution in [1.82, 2.24) is 4.90 Å². The monoisotopic (exact) mass is 300 g/mol. The van der Waals surface area contributed by atoms with Crippen molar-refractivity contribution in [3.63, 3.8) is 0 Å². The fourth-order valence-corrected chi connectivity index (χ4v) is 3.66.